The van der Waals surface area contributed by atoms with Crippen LogP contribution in [0, 0.1) is 5.92 Å². The standard InChI is InChI=1S/C55H75N17O13.2C2H4O2.4H2O/c1-29(2)19-38(49(80)67-37(9-5-17-60-55(57)58)54(85)72-18-6-10-43(72)53(84)62-25-44(56)75)66-46(77)26-63-47(78)39(20-30-11-13-33(74)14-12-30)68-52(83)42(27-73)71-50(81)40(21-31-23-61-35-8-4-3-7-34(31)35)69-51(82)41(22-32-24-59-28-64-32)70-48(79)36-15-16-45(76)65-36;2*1-2(3)4;;;;/h3-4,7-8,11-14,23-24,28-29,36-43,61,73-74H,5-6,9-10,15-22,25-27H2,1-2H3,(H2,56,75)(H,59,64)(H,62,84)(H,63,78)(H,65,76)(H,66,77)(H,67,80)(H,68,83)(H,69,82)(H,70,79)(H,71,81)(H4,57,58,60);2*1H3,(H,3,4);4*1H2. The van der Waals surface area contributed by atoms with Gasteiger partial charge in [0.15, 0.2) is 5.96 Å². The zero-order valence-electron chi connectivity index (χ0n) is 53.8. The number of guanidine groups is 1. The summed E-state index contributed by atoms with van der Waals surface area (Å²) in [6, 6.07) is 2.37. The van der Waals surface area contributed by atoms with Crippen LogP contribution in [0.1, 0.15) is 89.5 Å². The molecule has 2 aromatic heterocycles. The van der Waals surface area contributed by atoms with Crippen LogP contribution in [0.15, 0.2) is 72.2 Å². The summed E-state index contributed by atoms with van der Waals surface area (Å²) in [5.74, 6) is -10.5. The van der Waals surface area contributed by atoms with Crippen LogP contribution in [0.3, 0.4) is 0 Å². The van der Waals surface area contributed by atoms with E-state index >= 15 is 0 Å². The minimum atomic E-state index is -1.76. The number of primary amides is 1. The van der Waals surface area contributed by atoms with Gasteiger partial charge in [0, 0.05) is 81.6 Å². The number of benzene rings is 2. The maximum absolute atomic E-state index is 14.4. The first-order chi connectivity index (χ1) is 44.0. The number of aliphatic imine (C=N–C) groups is 1. The lowest BCUT2D eigenvalue weighted by Crippen LogP contribution is -2.60. The van der Waals surface area contributed by atoms with Gasteiger partial charge in [-0.3, -0.25) is 67.3 Å². The summed E-state index contributed by atoms with van der Waals surface area (Å²) in [5.41, 5.74) is 18.3. The number of hydrogen-bond donors (Lipinski definition) is 18. The largest absolute Gasteiger partial charge is 0.508 e. The molecule has 38 nitrogen and oxygen atoms in total. The highest BCUT2D eigenvalue weighted by Crippen LogP contribution is 2.22. The number of nitrogens with one attached hydrogen (secondary N) is 11. The molecule has 4 aromatic rings. The number of fused-ring (bicyclic) bond motifs is 1. The van der Waals surface area contributed by atoms with Gasteiger partial charge in [0.1, 0.15) is 54.1 Å². The molecule has 8 unspecified atom stereocenters. The number of aliphatic hydroxyl groups is 1. The van der Waals surface area contributed by atoms with Crippen LogP contribution in [0.25, 0.3) is 10.9 Å². The quantitative estimate of drug-likeness (QED) is 0.0126. The summed E-state index contributed by atoms with van der Waals surface area (Å²) in [7, 11) is 0. The number of imidazole rings is 1. The third-order valence-electron chi connectivity index (χ3n) is 14.1. The molecule has 0 radical (unpaired) electrons. The smallest absolute Gasteiger partial charge is 0.300 e. The van der Waals surface area contributed by atoms with E-state index in [1.54, 1.807) is 44.3 Å². The van der Waals surface area contributed by atoms with Crippen molar-refractivity contribution < 1.29 is 105 Å². The third kappa shape index (κ3) is 30.0. The van der Waals surface area contributed by atoms with E-state index in [9.17, 15) is 63.0 Å². The Morgan fingerprint density at radius 1 is 0.680 bits per heavy atom. The van der Waals surface area contributed by atoms with Crippen molar-refractivity contribution in [2.45, 2.75) is 140 Å². The number of carboxylic acids is 2. The predicted octanol–water partition coefficient (Wildman–Crippen LogP) is -7.50. The average molecular weight is 1370 g/mol. The third-order valence-corrected chi connectivity index (χ3v) is 14.1. The number of rotatable bonds is 31. The van der Waals surface area contributed by atoms with Crippen LogP contribution in [-0.2, 0) is 81.6 Å². The van der Waals surface area contributed by atoms with Crippen LogP contribution < -0.4 is 65.1 Å². The zero-order chi connectivity index (χ0) is 68.9. The molecule has 29 N–H and O–H groups in total. The molecular weight excluding hydrogens is 1280 g/mol. The second-order valence-electron chi connectivity index (χ2n) is 22.2. The minimum Gasteiger partial charge on any atom is -0.508 e. The van der Waals surface area contributed by atoms with Gasteiger partial charge < -0.3 is 122 Å². The number of nitrogens with zero attached hydrogens (tertiary/aromatic N) is 3. The summed E-state index contributed by atoms with van der Waals surface area (Å²) in [5, 5.41) is 59.3. The number of para-hydroxylation sites is 1. The van der Waals surface area contributed by atoms with Gasteiger partial charge in [0.25, 0.3) is 11.9 Å². The summed E-state index contributed by atoms with van der Waals surface area (Å²) in [4.78, 5) is 182. The number of aromatic amines is 2. The van der Waals surface area contributed by atoms with Crippen molar-refractivity contribution in [3.63, 3.8) is 0 Å². The number of aromatic hydroxyl groups is 1. The number of phenolic OH excluding ortho intramolecular Hbond substituents is 1. The second kappa shape index (κ2) is 43.2. The van der Waals surface area contributed by atoms with Gasteiger partial charge in [-0.2, -0.15) is 0 Å². The maximum atomic E-state index is 14.4. The number of likely N-dealkylation sites (tertiary alicyclic amines) is 1. The molecular formula is C59H91N17O21. The molecule has 4 heterocycles. The second-order valence-corrected chi connectivity index (χ2v) is 22.2. The Labute approximate surface area is 555 Å². The van der Waals surface area contributed by atoms with Crippen LogP contribution in [0.4, 0.5) is 0 Å². The molecule has 97 heavy (non-hydrogen) atoms. The number of nitrogens with two attached hydrogens (primary N) is 3. The zero-order valence-corrected chi connectivity index (χ0v) is 53.8. The van der Waals surface area contributed by atoms with Gasteiger partial charge in [0.2, 0.25) is 65.0 Å². The molecule has 11 amide bonds. The van der Waals surface area contributed by atoms with E-state index < -0.39 is 139 Å². The van der Waals surface area contributed by atoms with Gasteiger partial charge in [-0.1, -0.05) is 44.2 Å². The number of amides is 11. The number of hydrogen-bond acceptors (Lipinski definition) is 17. The molecule has 2 saturated heterocycles. The number of H-pyrrole nitrogens is 2. The van der Waals surface area contributed by atoms with Crippen LogP contribution in [0.5, 0.6) is 5.75 Å². The first kappa shape index (κ1) is 86.2. The number of carbonyl (C=O) groups excluding carboxylic acids is 11. The van der Waals surface area contributed by atoms with E-state index in [-0.39, 0.29) is 116 Å². The van der Waals surface area contributed by atoms with Gasteiger partial charge >= 0.3 is 0 Å². The number of carbonyl (C=O) groups is 13. The fourth-order valence-electron chi connectivity index (χ4n) is 9.79. The Hall–Kier alpha value is -10.8. The lowest BCUT2D eigenvalue weighted by Gasteiger charge is -2.30. The molecule has 0 saturated carbocycles. The van der Waals surface area contributed by atoms with Gasteiger partial charge in [-0.15, -0.1) is 0 Å². The summed E-state index contributed by atoms with van der Waals surface area (Å²) in [6.07, 6.45) is 5.24. The Bertz CT molecular complexity index is 3270. The van der Waals surface area contributed by atoms with Crippen LogP contribution >= 0.6 is 0 Å². The van der Waals surface area contributed by atoms with Crippen LogP contribution in [0.2, 0.25) is 0 Å². The molecule has 0 spiro atoms. The van der Waals surface area contributed by atoms with Crippen molar-refractivity contribution in [1.29, 1.82) is 0 Å². The maximum Gasteiger partial charge on any atom is 0.300 e. The summed E-state index contributed by atoms with van der Waals surface area (Å²) >= 11 is 0. The van der Waals surface area contributed by atoms with Crippen molar-refractivity contribution in [3.05, 3.63) is 84.1 Å². The topological polar surface area (TPSA) is 675 Å². The van der Waals surface area contributed by atoms with E-state index in [0.717, 1.165) is 13.8 Å². The lowest BCUT2D eigenvalue weighted by atomic mass is 10.0. The number of carboxylic acid groups (broad SMARTS) is 2. The molecule has 2 fully saturated rings. The summed E-state index contributed by atoms with van der Waals surface area (Å²) in [6.45, 7) is 3.79. The van der Waals surface area contributed by atoms with Crippen molar-refractivity contribution >= 4 is 93.8 Å². The van der Waals surface area contributed by atoms with Crippen LogP contribution in [-0.4, -0.2) is 226 Å². The van der Waals surface area contributed by atoms with Crippen molar-refractivity contribution in [3.8, 4) is 5.75 Å². The molecule has 538 valence electrons. The van der Waals surface area contributed by atoms with Gasteiger partial charge in [0.05, 0.1) is 26.0 Å². The van der Waals surface area contributed by atoms with E-state index in [0.29, 0.717) is 34.1 Å². The molecule has 38 heteroatoms. The number of aliphatic hydroxyl groups excluding tert-OH is 1. The first-order valence-corrected chi connectivity index (χ1v) is 29.7. The predicted molar refractivity (Wildman–Crippen MR) is 346 cm³/mol. The van der Waals surface area contributed by atoms with E-state index in [1.165, 1.54) is 41.7 Å². The number of phenols is 1. The SMILES string of the molecule is CC(=O)O.CC(=O)O.CC(C)CC(NC(=O)CNC(=O)C(Cc1ccc(O)cc1)NC(=O)C(CO)NC(=O)C(Cc1c[nH]c2ccccc12)NC(=O)C(Cc1cnc[nH]1)NC(=O)C1CCC(=O)N1)C(=O)NC(CCCN=C(N)N)C(=O)N1CCCC1C(=O)NCC(N)=O.O.O.O.O. The average Bonchev–Trinajstić information content (AvgIpc) is 1.76. The molecule has 2 aliphatic heterocycles. The Balaban J connectivity index is 0.00000726. The Kier molecular flexibility index (Phi) is 38.4. The van der Waals surface area contributed by atoms with Crippen molar-refractivity contribution in [1.82, 2.24) is 67.7 Å². The fraction of sp³-hybridized carbons (Fsp3) is 0.475. The monoisotopic (exact) mass is 1370 g/mol. The summed E-state index contributed by atoms with van der Waals surface area (Å²) < 4.78 is 0. The highest BCUT2D eigenvalue weighted by Gasteiger charge is 2.39. The minimum absolute atomic E-state index is 0. The normalized spacial score (nSPS) is 15.2. The molecule has 0 aliphatic carbocycles. The molecule has 0 bridgehead atoms. The number of aliphatic carboxylic acids is 2. The Morgan fingerprint density at radius 2 is 1.26 bits per heavy atom. The highest BCUT2D eigenvalue weighted by molar-refractivity contribution is 5.99. The molecule has 6 rings (SSSR count). The molecule has 8 atom stereocenters. The lowest BCUT2D eigenvalue weighted by molar-refractivity contribution is -0.142. The molecule has 2 aromatic carbocycles. The van der Waals surface area contributed by atoms with Gasteiger partial charge in [-0.05, 0) is 73.8 Å². The highest BCUT2D eigenvalue weighted by atomic mass is 16.4. The fourth-order valence-corrected chi connectivity index (χ4v) is 9.79. The van der Waals surface area contributed by atoms with E-state index in [1.807, 2.05) is 0 Å². The van der Waals surface area contributed by atoms with E-state index in [4.69, 9.17) is 37.0 Å². The van der Waals surface area contributed by atoms with Crippen molar-refractivity contribution in [2.24, 2.45) is 28.1 Å². The Morgan fingerprint density at radius 3 is 1.82 bits per heavy atom. The first-order valence-electron chi connectivity index (χ1n) is 29.7. The van der Waals surface area contributed by atoms with E-state index in [2.05, 4.69) is 67.8 Å². The molecule has 2 aliphatic rings. The van der Waals surface area contributed by atoms with Gasteiger partial charge in [-0.25, -0.2) is 4.98 Å². The number of aromatic nitrogens is 3. The van der Waals surface area contributed by atoms with Crippen molar-refractivity contribution in [2.75, 3.05) is 32.8 Å².